The first-order chi connectivity index (χ1) is 69.8. The smallest absolute Gasteiger partial charge is 0.164 e. The second kappa shape index (κ2) is 32.8. The molecule has 14 heteroatoms. The molecule has 0 atom stereocenters. The van der Waals surface area contributed by atoms with Crippen molar-refractivity contribution in [2.45, 2.75) is 0 Å². The first kappa shape index (κ1) is 80.2. The van der Waals surface area contributed by atoms with Crippen LogP contribution >= 0.6 is 0 Å². The summed E-state index contributed by atoms with van der Waals surface area (Å²) in [5, 5.41) is 26.5. The molecule has 8 aromatic heterocycles. The fourth-order valence-electron chi connectivity index (χ4n) is 20.9. The topological polar surface area (TPSA) is 182 Å². The number of hydrogen-bond acceptors (Lipinski definition) is 14. The van der Waals surface area contributed by atoms with E-state index in [1.165, 1.54) is 48.5 Å². The molecule has 8 heterocycles. The molecular weight excluding hydrogens is 1730 g/mol. The average Bonchev–Trinajstić information content (AvgIpc) is 1.02. The molecule has 0 spiro atoms. The van der Waals surface area contributed by atoms with E-state index in [9.17, 15) is 0 Å². The number of rotatable bonds is 10. The summed E-state index contributed by atoms with van der Waals surface area (Å²) in [6.07, 6.45) is 0. The second-order valence-corrected chi connectivity index (χ2v) is 35.5. The lowest BCUT2D eigenvalue weighted by molar-refractivity contribution is 0.668. The van der Waals surface area contributed by atoms with Crippen molar-refractivity contribution in [3.63, 3.8) is 0 Å². The molecule has 0 aliphatic rings. The largest absolute Gasteiger partial charge is 0.456 e. The number of nitrogens with zero attached hydrogens (tertiary/aromatic N) is 9. The third-order valence-corrected chi connectivity index (χ3v) is 27.3. The van der Waals surface area contributed by atoms with Crippen LogP contribution in [-0.2, 0) is 0 Å². The maximum Gasteiger partial charge on any atom is 0.164 e. The molecule has 22 aromatic carbocycles. The fourth-order valence-corrected chi connectivity index (χ4v) is 20.9. The van der Waals surface area contributed by atoms with Crippen molar-refractivity contribution in [1.29, 1.82) is 0 Å². The number of furan rings is 5. The van der Waals surface area contributed by atoms with Gasteiger partial charge >= 0.3 is 0 Å². The van der Waals surface area contributed by atoms with Crippen molar-refractivity contribution in [1.82, 2.24) is 44.9 Å². The number of para-hydroxylation sites is 5. The van der Waals surface area contributed by atoms with E-state index in [0.717, 1.165) is 198 Å². The number of hydrogen-bond donors (Lipinski definition) is 0. The van der Waals surface area contributed by atoms with E-state index in [4.69, 9.17) is 66.9 Å². The molecule has 0 N–H and O–H groups in total. The summed E-state index contributed by atoms with van der Waals surface area (Å²) in [7, 11) is 0. The maximum atomic E-state index is 6.27. The molecule has 0 unspecified atom stereocenters. The van der Waals surface area contributed by atoms with Crippen LogP contribution in [0.25, 0.3) is 299 Å². The Morgan fingerprint density at radius 1 is 0.113 bits per heavy atom. The highest BCUT2D eigenvalue weighted by atomic mass is 16.3. The van der Waals surface area contributed by atoms with Crippen LogP contribution in [0.3, 0.4) is 0 Å². The summed E-state index contributed by atoms with van der Waals surface area (Å²) in [6, 6.07) is 152. The normalized spacial score (nSPS) is 11.8. The Morgan fingerprint density at radius 2 is 0.383 bits per heavy atom. The van der Waals surface area contributed by atoms with E-state index in [0.29, 0.717) is 52.4 Å². The average molecular weight is 1810 g/mol. The zero-order chi connectivity index (χ0) is 92.7. The Kier molecular flexibility index (Phi) is 18.6. The van der Waals surface area contributed by atoms with Crippen LogP contribution in [0.2, 0.25) is 0 Å². The van der Waals surface area contributed by atoms with Gasteiger partial charge < -0.3 is 22.1 Å². The van der Waals surface area contributed by atoms with Gasteiger partial charge in [-0.05, 0) is 171 Å². The van der Waals surface area contributed by atoms with Crippen LogP contribution in [0.5, 0.6) is 0 Å². The molecule has 0 aliphatic carbocycles. The first-order valence-corrected chi connectivity index (χ1v) is 47.0. The van der Waals surface area contributed by atoms with Gasteiger partial charge in [-0.3, -0.25) is 0 Å². The van der Waals surface area contributed by atoms with Crippen LogP contribution in [-0.4, -0.2) is 44.9 Å². The van der Waals surface area contributed by atoms with Crippen molar-refractivity contribution in [3.8, 4) is 114 Å². The SMILES string of the molecule is c1ccc(-c2cc(-c3nc(-c4ccc5ccccc5c4)nc(-c4cccc5oc6ccccc6c45)n3)cc3ccc4ccccc4c23)cc1.c1ccc2c(c1)ccc1c(-c3nc(-c4cccc5oc6ccccc6c45)nc(-c4cccc5oc6ccccc6c45)n3)cccc12.c1ccc2c(c1)ccc1ccc(-c3nc(-c4cccc5oc6ccccc6c45)nc(-c4cccc5oc6ccccc6c45)n3)cc12. The van der Waals surface area contributed by atoms with Crippen molar-refractivity contribution >= 4 is 185 Å². The molecule has 0 aliphatic heterocycles. The third-order valence-electron chi connectivity index (χ3n) is 27.3. The van der Waals surface area contributed by atoms with Gasteiger partial charge in [0.1, 0.15) is 55.8 Å². The predicted molar refractivity (Wildman–Crippen MR) is 573 cm³/mol. The Hall–Kier alpha value is -19.3. The quantitative estimate of drug-likeness (QED) is 0.118. The zero-order valence-electron chi connectivity index (χ0n) is 75.2. The Morgan fingerprint density at radius 3 is 0.823 bits per heavy atom. The van der Waals surface area contributed by atoms with Gasteiger partial charge in [0, 0.05) is 104 Å². The Bertz CT molecular complexity index is 10100. The van der Waals surface area contributed by atoms with Crippen molar-refractivity contribution < 1.29 is 22.1 Å². The molecule has 14 nitrogen and oxygen atoms in total. The highest BCUT2D eigenvalue weighted by molar-refractivity contribution is 6.20. The molecule has 30 aromatic rings. The molecule has 0 fully saturated rings. The van der Waals surface area contributed by atoms with Gasteiger partial charge in [0.25, 0.3) is 0 Å². The summed E-state index contributed by atoms with van der Waals surface area (Å²) in [5.74, 6) is 5.38. The van der Waals surface area contributed by atoms with E-state index in [-0.39, 0.29) is 0 Å². The number of benzene rings is 22. The molecule has 0 saturated carbocycles. The molecule has 141 heavy (non-hydrogen) atoms. The van der Waals surface area contributed by atoms with Gasteiger partial charge in [-0.15, -0.1) is 0 Å². The van der Waals surface area contributed by atoms with Gasteiger partial charge in [-0.1, -0.05) is 358 Å². The number of fused-ring (bicyclic) bond motifs is 25. The van der Waals surface area contributed by atoms with E-state index in [1.807, 2.05) is 152 Å². The van der Waals surface area contributed by atoms with Gasteiger partial charge in [-0.25, -0.2) is 44.9 Å². The van der Waals surface area contributed by atoms with Gasteiger partial charge in [-0.2, -0.15) is 0 Å². The van der Waals surface area contributed by atoms with Crippen molar-refractivity contribution in [2.24, 2.45) is 0 Å². The summed E-state index contributed by atoms with van der Waals surface area (Å²) in [4.78, 5) is 46.7. The van der Waals surface area contributed by atoms with Crippen LogP contribution in [0.15, 0.2) is 465 Å². The molecule has 0 radical (unpaired) electrons. The van der Waals surface area contributed by atoms with E-state index in [2.05, 4.69) is 291 Å². The highest BCUT2D eigenvalue weighted by Crippen LogP contribution is 2.47. The first-order valence-electron chi connectivity index (χ1n) is 47.0. The Labute approximate surface area is 803 Å². The van der Waals surface area contributed by atoms with Gasteiger partial charge in [0.05, 0.1) is 0 Å². The third kappa shape index (κ3) is 13.7. The lowest BCUT2D eigenvalue weighted by atomic mass is 9.91. The summed E-state index contributed by atoms with van der Waals surface area (Å²) in [5.41, 5.74) is 18.6. The molecule has 30 rings (SSSR count). The van der Waals surface area contributed by atoms with E-state index >= 15 is 0 Å². The van der Waals surface area contributed by atoms with Crippen LogP contribution in [0, 0.1) is 0 Å². The summed E-state index contributed by atoms with van der Waals surface area (Å²) >= 11 is 0. The van der Waals surface area contributed by atoms with Crippen LogP contribution in [0.1, 0.15) is 0 Å². The minimum atomic E-state index is 0.583. The molecule has 0 saturated heterocycles. The lowest BCUT2D eigenvalue weighted by Gasteiger charge is -2.14. The van der Waals surface area contributed by atoms with Crippen molar-refractivity contribution in [2.75, 3.05) is 0 Å². The lowest BCUT2D eigenvalue weighted by Crippen LogP contribution is -2.01. The molecule has 0 bridgehead atoms. The molecule has 656 valence electrons. The maximum absolute atomic E-state index is 6.27. The summed E-state index contributed by atoms with van der Waals surface area (Å²) in [6.45, 7) is 0. The standard InChI is InChI=1S/C45H27N3O.2C41H23N3O2/c1-2-12-29(13-3-1)38-27-34(26-32-23-22-30-14-6-7-16-35(30)41(32)38)44-46-43(33-24-21-28-11-4-5-15-31(28)25-33)47-45(48-44)37-18-10-20-40-42(37)36-17-8-9-19-39(36)49-40;1-2-11-25-24(10-1)22-23-27-26(25)14-7-15-28(27)39-42-40(31-16-8-20-35-37(31)29-12-3-5-18-33(29)45-35)44-41(43-39)32-17-9-21-36-38(32)30-13-4-6-19-34(30)46-36;1-2-10-27-24(9-1)19-20-25-21-22-26(23-32(25)27)39-42-40(30-13-7-17-35-37(30)28-11-3-5-15-33(28)45-35)44-41(43-39)31-14-8-18-36-38(31)29-12-4-6-16-34(29)46-36/h1-27H;2*1-23H. The zero-order valence-corrected chi connectivity index (χ0v) is 75.2. The molecular formula is C127H73N9O5. The predicted octanol–water partition coefficient (Wildman–Crippen LogP) is 33.9. The van der Waals surface area contributed by atoms with Crippen molar-refractivity contribution in [3.05, 3.63) is 443 Å². The fraction of sp³-hybridized carbons (Fsp3) is 0. The van der Waals surface area contributed by atoms with E-state index in [1.54, 1.807) is 0 Å². The Balaban J connectivity index is 0.000000104. The van der Waals surface area contributed by atoms with Gasteiger partial charge in [0.15, 0.2) is 52.4 Å². The van der Waals surface area contributed by atoms with Gasteiger partial charge in [0.2, 0.25) is 0 Å². The number of aromatic nitrogens is 9. The highest BCUT2D eigenvalue weighted by Gasteiger charge is 2.27. The monoisotopic (exact) mass is 1800 g/mol. The van der Waals surface area contributed by atoms with Crippen LogP contribution < -0.4 is 0 Å². The molecule has 0 amide bonds. The second-order valence-electron chi connectivity index (χ2n) is 35.5. The van der Waals surface area contributed by atoms with E-state index < -0.39 is 0 Å². The minimum Gasteiger partial charge on any atom is -0.456 e. The minimum absolute atomic E-state index is 0.583. The van der Waals surface area contributed by atoms with Crippen LogP contribution in [0.4, 0.5) is 0 Å². The summed E-state index contributed by atoms with van der Waals surface area (Å²) < 4.78 is 31.3.